The molecule has 0 radical (unpaired) electrons. The SMILES string of the molecule is CNC(Cc1cccc(Cl)c1)c1cc2ccc(F)cc2s1. The van der Waals surface area contributed by atoms with Gasteiger partial charge in [0.25, 0.3) is 0 Å². The topological polar surface area (TPSA) is 12.0 Å². The van der Waals surface area contributed by atoms with Crippen molar-refractivity contribution in [3.05, 3.63) is 69.8 Å². The molecule has 3 aromatic rings. The summed E-state index contributed by atoms with van der Waals surface area (Å²) in [7, 11) is 1.94. The monoisotopic (exact) mass is 319 g/mol. The van der Waals surface area contributed by atoms with Gasteiger partial charge in [0.05, 0.1) is 0 Å². The molecular formula is C17H15ClFNS. The van der Waals surface area contributed by atoms with Gasteiger partial charge in [-0.3, -0.25) is 0 Å². The van der Waals surface area contributed by atoms with Crippen molar-refractivity contribution in [1.29, 1.82) is 0 Å². The van der Waals surface area contributed by atoms with E-state index in [-0.39, 0.29) is 11.9 Å². The number of fused-ring (bicyclic) bond motifs is 1. The number of hydrogen-bond donors (Lipinski definition) is 1. The normalized spacial score (nSPS) is 12.7. The van der Waals surface area contributed by atoms with Crippen molar-refractivity contribution in [2.75, 3.05) is 7.05 Å². The minimum absolute atomic E-state index is 0.188. The lowest BCUT2D eigenvalue weighted by Crippen LogP contribution is -2.17. The highest BCUT2D eigenvalue weighted by Gasteiger charge is 2.14. The maximum atomic E-state index is 13.3. The lowest BCUT2D eigenvalue weighted by Gasteiger charge is -2.14. The van der Waals surface area contributed by atoms with Gasteiger partial charge in [0, 0.05) is 20.6 Å². The molecule has 108 valence electrons. The van der Waals surface area contributed by atoms with E-state index in [0.29, 0.717) is 0 Å². The molecule has 1 unspecified atom stereocenters. The summed E-state index contributed by atoms with van der Waals surface area (Å²) in [5.41, 5.74) is 1.19. The van der Waals surface area contributed by atoms with Crippen LogP contribution in [0, 0.1) is 5.82 Å². The maximum Gasteiger partial charge on any atom is 0.124 e. The van der Waals surface area contributed by atoms with Gasteiger partial charge in [-0.15, -0.1) is 11.3 Å². The zero-order valence-corrected chi connectivity index (χ0v) is 13.1. The van der Waals surface area contributed by atoms with E-state index in [1.54, 1.807) is 17.4 Å². The minimum Gasteiger partial charge on any atom is -0.312 e. The van der Waals surface area contributed by atoms with Crippen molar-refractivity contribution < 1.29 is 4.39 Å². The van der Waals surface area contributed by atoms with Gasteiger partial charge in [-0.2, -0.15) is 0 Å². The van der Waals surface area contributed by atoms with Gasteiger partial charge in [-0.05, 0) is 54.8 Å². The van der Waals surface area contributed by atoms with Gasteiger partial charge in [0.1, 0.15) is 5.82 Å². The Labute approximate surface area is 132 Å². The molecule has 21 heavy (non-hydrogen) atoms. The van der Waals surface area contributed by atoms with Crippen molar-refractivity contribution in [1.82, 2.24) is 5.32 Å². The third-order valence-electron chi connectivity index (χ3n) is 3.52. The minimum atomic E-state index is -0.188. The molecule has 1 N–H and O–H groups in total. The van der Waals surface area contributed by atoms with Crippen LogP contribution in [0.3, 0.4) is 0 Å². The average molecular weight is 320 g/mol. The summed E-state index contributed by atoms with van der Waals surface area (Å²) in [4.78, 5) is 1.21. The van der Waals surface area contributed by atoms with Crippen molar-refractivity contribution in [3.63, 3.8) is 0 Å². The number of thiophene rings is 1. The Balaban J connectivity index is 1.90. The summed E-state index contributed by atoms with van der Waals surface area (Å²) in [6.07, 6.45) is 0.854. The molecule has 0 bridgehead atoms. The van der Waals surface area contributed by atoms with Crippen molar-refractivity contribution in [2.24, 2.45) is 0 Å². The van der Waals surface area contributed by atoms with Crippen molar-refractivity contribution in [3.8, 4) is 0 Å². The van der Waals surface area contributed by atoms with E-state index in [2.05, 4.69) is 17.4 Å². The quantitative estimate of drug-likeness (QED) is 0.697. The summed E-state index contributed by atoms with van der Waals surface area (Å²) in [5, 5.41) is 5.17. The molecule has 4 heteroatoms. The number of likely N-dealkylation sites (N-methyl/N-ethyl adjacent to an activating group) is 1. The van der Waals surface area contributed by atoms with Crippen molar-refractivity contribution >= 4 is 33.0 Å². The van der Waals surface area contributed by atoms with E-state index in [1.807, 2.05) is 31.3 Å². The first kappa shape index (κ1) is 14.5. The highest BCUT2D eigenvalue weighted by Crippen LogP contribution is 2.32. The van der Waals surface area contributed by atoms with Crippen molar-refractivity contribution in [2.45, 2.75) is 12.5 Å². The second-order valence-electron chi connectivity index (χ2n) is 5.01. The molecule has 1 heterocycles. The predicted molar refractivity (Wildman–Crippen MR) is 88.7 cm³/mol. The van der Waals surface area contributed by atoms with Crippen LogP contribution >= 0.6 is 22.9 Å². The second kappa shape index (κ2) is 6.14. The number of nitrogens with one attached hydrogen (secondary N) is 1. The van der Waals surface area contributed by atoms with Gasteiger partial charge >= 0.3 is 0 Å². The van der Waals surface area contributed by atoms with Gasteiger partial charge in [0.2, 0.25) is 0 Å². The number of benzene rings is 2. The third-order valence-corrected chi connectivity index (χ3v) is 4.97. The molecule has 1 atom stereocenters. The molecule has 0 amide bonds. The summed E-state index contributed by atoms with van der Waals surface area (Å²) in [6, 6.07) is 15.2. The lowest BCUT2D eigenvalue weighted by atomic mass is 10.0. The van der Waals surface area contributed by atoms with Gasteiger partial charge in [-0.1, -0.05) is 29.8 Å². The fourth-order valence-corrected chi connectivity index (χ4v) is 3.85. The van der Waals surface area contributed by atoms with Crippen LogP contribution in [0.25, 0.3) is 10.1 Å². The third kappa shape index (κ3) is 3.26. The first-order valence-corrected chi connectivity index (χ1v) is 7.96. The Morgan fingerprint density at radius 3 is 2.81 bits per heavy atom. The molecule has 0 aliphatic carbocycles. The standard InChI is InChI=1S/C17H15ClFNS/c1-20-15(8-11-3-2-4-13(18)7-11)17-9-12-5-6-14(19)10-16(12)21-17/h2-7,9-10,15,20H,8H2,1H3. The molecule has 0 spiro atoms. The largest absolute Gasteiger partial charge is 0.312 e. The highest BCUT2D eigenvalue weighted by molar-refractivity contribution is 7.19. The summed E-state index contributed by atoms with van der Waals surface area (Å²) in [5.74, 6) is -0.188. The molecule has 3 rings (SSSR count). The lowest BCUT2D eigenvalue weighted by molar-refractivity contribution is 0.602. The zero-order valence-electron chi connectivity index (χ0n) is 11.6. The van der Waals surface area contributed by atoms with Crippen LogP contribution in [0.1, 0.15) is 16.5 Å². The zero-order chi connectivity index (χ0) is 14.8. The predicted octanol–water partition coefficient (Wildman–Crippen LogP) is 5.20. The molecule has 0 saturated carbocycles. The second-order valence-corrected chi connectivity index (χ2v) is 6.56. The van der Waals surface area contributed by atoms with Crippen LogP contribution in [0.15, 0.2) is 48.5 Å². The maximum absolute atomic E-state index is 13.3. The van der Waals surface area contributed by atoms with Crippen LogP contribution in [0.5, 0.6) is 0 Å². The summed E-state index contributed by atoms with van der Waals surface area (Å²) in [6.45, 7) is 0. The molecule has 0 fully saturated rings. The number of hydrogen-bond acceptors (Lipinski definition) is 2. The van der Waals surface area contributed by atoms with Crippen LogP contribution in [-0.2, 0) is 6.42 Å². The van der Waals surface area contributed by atoms with Gasteiger partial charge in [-0.25, -0.2) is 4.39 Å². The number of rotatable bonds is 4. The first-order valence-electron chi connectivity index (χ1n) is 6.76. The summed E-state index contributed by atoms with van der Waals surface area (Å²) < 4.78 is 14.3. The number of halogens is 2. The average Bonchev–Trinajstić information content (AvgIpc) is 2.87. The fourth-order valence-electron chi connectivity index (χ4n) is 2.44. The Bertz CT molecular complexity index is 768. The van der Waals surface area contributed by atoms with E-state index in [1.165, 1.54) is 16.5 Å². The molecule has 0 aliphatic rings. The summed E-state index contributed by atoms with van der Waals surface area (Å²) >= 11 is 7.67. The van der Waals surface area contributed by atoms with E-state index < -0.39 is 0 Å². The molecule has 2 aromatic carbocycles. The van der Waals surface area contributed by atoms with Gasteiger partial charge in [0.15, 0.2) is 0 Å². The van der Waals surface area contributed by atoms with E-state index in [0.717, 1.165) is 21.5 Å². The van der Waals surface area contributed by atoms with E-state index in [4.69, 9.17) is 11.6 Å². The molecule has 1 aromatic heterocycles. The Kier molecular flexibility index (Phi) is 4.24. The Morgan fingerprint density at radius 1 is 1.19 bits per heavy atom. The van der Waals surface area contributed by atoms with E-state index in [9.17, 15) is 4.39 Å². The van der Waals surface area contributed by atoms with Gasteiger partial charge < -0.3 is 5.32 Å². The molecule has 0 saturated heterocycles. The Morgan fingerprint density at radius 2 is 2.05 bits per heavy atom. The van der Waals surface area contributed by atoms with Crippen LogP contribution in [0.4, 0.5) is 4.39 Å². The molecule has 0 aliphatic heterocycles. The fraction of sp³-hybridized carbons (Fsp3) is 0.176. The van der Waals surface area contributed by atoms with E-state index >= 15 is 0 Å². The molecular weight excluding hydrogens is 305 g/mol. The van der Waals surface area contributed by atoms with Crippen LogP contribution in [-0.4, -0.2) is 7.05 Å². The Hall–Kier alpha value is -1.42. The highest BCUT2D eigenvalue weighted by atomic mass is 35.5. The molecule has 1 nitrogen and oxygen atoms in total. The van der Waals surface area contributed by atoms with Crippen LogP contribution in [0.2, 0.25) is 5.02 Å². The first-order chi connectivity index (χ1) is 10.2. The van der Waals surface area contributed by atoms with Crippen LogP contribution < -0.4 is 5.32 Å². The smallest absolute Gasteiger partial charge is 0.124 e.